The maximum atomic E-state index is 14.0. The minimum atomic E-state index is -2.37. The molecule has 0 saturated heterocycles. The molecule has 1 aliphatic rings. The Morgan fingerprint density at radius 1 is 0.829 bits per heavy atom. The zero-order valence-electron chi connectivity index (χ0n) is 22.1. The Morgan fingerprint density at radius 2 is 1.39 bits per heavy atom. The summed E-state index contributed by atoms with van der Waals surface area (Å²) in [5.74, 6) is -13.7. The monoisotopic (exact) mass is 580 g/mol. The molecule has 0 bridgehead atoms. The quantitative estimate of drug-likeness (QED) is 0.0837. The second-order valence-electron chi connectivity index (χ2n) is 8.53. The van der Waals surface area contributed by atoms with Crippen LogP contribution in [0, 0.1) is 36.0 Å². The van der Waals surface area contributed by atoms with Crippen molar-refractivity contribution in [1.29, 1.82) is 0 Å². The SMILES string of the molecule is COc1cc(OC)c(OC)cc1/C=C1\Oc2c(ccc(OC(=O)C(C)Oc3c(F)c(F)c(F)c(F)c3F)c2C)C1=O. The lowest BCUT2D eigenvalue weighted by Crippen LogP contribution is -2.29. The van der Waals surface area contributed by atoms with Gasteiger partial charge in [0.2, 0.25) is 34.9 Å². The molecule has 0 aliphatic carbocycles. The van der Waals surface area contributed by atoms with Gasteiger partial charge in [0.25, 0.3) is 0 Å². The van der Waals surface area contributed by atoms with E-state index in [2.05, 4.69) is 0 Å². The zero-order chi connectivity index (χ0) is 30.2. The van der Waals surface area contributed by atoms with Crippen LogP contribution < -0.4 is 28.4 Å². The van der Waals surface area contributed by atoms with E-state index >= 15 is 0 Å². The van der Waals surface area contributed by atoms with Crippen LogP contribution in [0.5, 0.6) is 34.5 Å². The number of hydrogen-bond acceptors (Lipinski definition) is 8. The zero-order valence-corrected chi connectivity index (χ0v) is 22.1. The topological polar surface area (TPSA) is 89.5 Å². The van der Waals surface area contributed by atoms with Crippen molar-refractivity contribution in [3.63, 3.8) is 0 Å². The Bertz CT molecular complexity index is 1570. The lowest BCUT2D eigenvalue weighted by molar-refractivity contribution is -0.141. The number of methoxy groups -OCH3 is 3. The van der Waals surface area contributed by atoms with Crippen LogP contribution in [-0.4, -0.2) is 39.2 Å². The molecule has 13 heteroatoms. The van der Waals surface area contributed by atoms with Gasteiger partial charge in [0, 0.05) is 17.2 Å². The average molecular weight is 580 g/mol. The molecule has 0 saturated carbocycles. The van der Waals surface area contributed by atoms with E-state index in [-0.39, 0.29) is 28.4 Å². The van der Waals surface area contributed by atoms with E-state index in [0.717, 1.165) is 6.92 Å². The molecule has 1 unspecified atom stereocenters. The fourth-order valence-corrected chi connectivity index (χ4v) is 3.89. The van der Waals surface area contributed by atoms with Gasteiger partial charge >= 0.3 is 5.97 Å². The number of rotatable bonds is 8. The van der Waals surface area contributed by atoms with E-state index in [1.165, 1.54) is 46.5 Å². The van der Waals surface area contributed by atoms with Gasteiger partial charge in [-0.05, 0) is 38.1 Å². The summed E-state index contributed by atoms with van der Waals surface area (Å²) in [4.78, 5) is 25.6. The fraction of sp³-hybridized carbons (Fsp3) is 0.214. The molecule has 216 valence electrons. The molecule has 0 N–H and O–H groups in total. The van der Waals surface area contributed by atoms with Gasteiger partial charge in [0.05, 0.1) is 26.9 Å². The standard InChI is InChI=1S/C28H21F5O8/c1-11-15(41-28(35)12(2)39-27-23(32)21(30)20(29)22(31)24(27)33)7-6-14-25(34)19(40-26(11)14)9-13-8-17(37-4)18(38-5)10-16(13)36-3/h6-10,12H,1-5H3/b19-9-. The van der Waals surface area contributed by atoms with Crippen LogP contribution >= 0.6 is 0 Å². The highest BCUT2D eigenvalue weighted by Crippen LogP contribution is 2.41. The number of ether oxygens (including phenoxy) is 6. The Balaban J connectivity index is 1.58. The first-order chi connectivity index (χ1) is 19.4. The number of fused-ring (bicyclic) bond motifs is 1. The number of hydrogen-bond donors (Lipinski definition) is 0. The normalized spacial score (nSPS) is 13.9. The second-order valence-corrected chi connectivity index (χ2v) is 8.53. The van der Waals surface area contributed by atoms with Crippen molar-refractivity contribution in [2.24, 2.45) is 0 Å². The van der Waals surface area contributed by atoms with Crippen molar-refractivity contribution in [3.05, 3.63) is 75.8 Å². The first-order valence-corrected chi connectivity index (χ1v) is 11.7. The predicted octanol–water partition coefficient (Wildman–Crippen LogP) is 5.71. The summed E-state index contributed by atoms with van der Waals surface area (Å²) < 4.78 is 99.8. The average Bonchev–Trinajstić information content (AvgIpc) is 3.29. The molecule has 41 heavy (non-hydrogen) atoms. The molecule has 8 nitrogen and oxygen atoms in total. The highest BCUT2D eigenvalue weighted by atomic mass is 19.2. The van der Waals surface area contributed by atoms with Gasteiger partial charge in [-0.1, -0.05) is 0 Å². The number of ketones is 1. The van der Waals surface area contributed by atoms with Crippen molar-refractivity contribution < 1.29 is 60.0 Å². The fourth-order valence-electron chi connectivity index (χ4n) is 3.89. The molecule has 0 fully saturated rings. The Morgan fingerprint density at radius 3 is 1.98 bits per heavy atom. The molecular weight excluding hydrogens is 559 g/mol. The Hall–Kier alpha value is -4.81. The van der Waals surface area contributed by atoms with Crippen molar-refractivity contribution >= 4 is 17.8 Å². The maximum absolute atomic E-state index is 14.0. The van der Waals surface area contributed by atoms with E-state index < -0.39 is 52.7 Å². The lowest BCUT2D eigenvalue weighted by Gasteiger charge is -2.17. The van der Waals surface area contributed by atoms with Crippen LogP contribution in [-0.2, 0) is 4.79 Å². The van der Waals surface area contributed by atoms with Crippen LogP contribution in [0.1, 0.15) is 28.4 Å². The Labute approximate surface area is 229 Å². The van der Waals surface area contributed by atoms with E-state index in [9.17, 15) is 31.5 Å². The molecule has 0 aromatic heterocycles. The summed E-state index contributed by atoms with van der Waals surface area (Å²) in [7, 11) is 4.32. The number of allylic oxidation sites excluding steroid dienone is 1. The smallest absolute Gasteiger partial charge is 0.352 e. The minimum absolute atomic E-state index is 0.0688. The molecule has 3 aromatic rings. The predicted molar refractivity (Wildman–Crippen MR) is 132 cm³/mol. The Kier molecular flexibility index (Phi) is 8.08. The lowest BCUT2D eigenvalue weighted by atomic mass is 10.1. The maximum Gasteiger partial charge on any atom is 0.352 e. The van der Waals surface area contributed by atoms with Crippen molar-refractivity contribution in [2.75, 3.05) is 21.3 Å². The van der Waals surface area contributed by atoms with Gasteiger partial charge in [-0.15, -0.1) is 0 Å². The van der Waals surface area contributed by atoms with Crippen LogP contribution in [0.3, 0.4) is 0 Å². The van der Waals surface area contributed by atoms with Crippen LogP contribution in [0.15, 0.2) is 30.0 Å². The second kappa shape index (κ2) is 11.4. The first-order valence-electron chi connectivity index (χ1n) is 11.7. The van der Waals surface area contributed by atoms with Gasteiger partial charge in [-0.2, -0.15) is 8.78 Å². The van der Waals surface area contributed by atoms with E-state index in [1.54, 1.807) is 12.1 Å². The molecule has 1 aliphatic heterocycles. The third-order valence-electron chi connectivity index (χ3n) is 6.07. The number of carbonyl (C=O) groups excluding carboxylic acids is 2. The highest BCUT2D eigenvalue weighted by molar-refractivity contribution is 6.15. The number of carbonyl (C=O) groups is 2. The molecular formula is C28H21F5O8. The first kappa shape index (κ1) is 29.2. The van der Waals surface area contributed by atoms with Crippen LogP contribution in [0.4, 0.5) is 22.0 Å². The molecule has 0 radical (unpaired) electrons. The van der Waals surface area contributed by atoms with Gasteiger partial charge in [0.1, 0.15) is 17.2 Å². The van der Waals surface area contributed by atoms with Gasteiger partial charge in [-0.25, -0.2) is 18.0 Å². The summed E-state index contributed by atoms with van der Waals surface area (Å²) in [6, 6.07) is 5.75. The van der Waals surface area contributed by atoms with Crippen LogP contribution in [0.2, 0.25) is 0 Å². The van der Waals surface area contributed by atoms with E-state index in [4.69, 9.17) is 28.4 Å². The molecule has 0 spiro atoms. The summed E-state index contributed by atoms with van der Waals surface area (Å²) in [5.41, 5.74) is 0.790. The molecule has 0 amide bonds. The van der Waals surface area contributed by atoms with E-state index in [0.29, 0.717) is 22.8 Å². The molecule has 1 heterocycles. The number of halogens is 5. The van der Waals surface area contributed by atoms with E-state index in [1.807, 2.05) is 0 Å². The summed E-state index contributed by atoms with van der Waals surface area (Å²) in [5, 5.41) is 0. The highest BCUT2D eigenvalue weighted by Gasteiger charge is 2.33. The van der Waals surface area contributed by atoms with Gasteiger partial charge in [0.15, 0.2) is 29.1 Å². The third-order valence-corrected chi connectivity index (χ3v) is 6.07. The number of benzene rings is 3. The summed E-state index contributed by atoms with van der Waals surface area (Å²) >= 11 is 0. The van der Waals surface area contributed by atoms with Gasteiger partial charge in [-0.3, -0.25) is 4.79 Å². The van der Waals surface area contributed by atoms with Crippen molar-refractivity contribution in [3.8, 4) is 34.5 Å². The third kappa shape index (κ3) is 5.22. The van der Waals surface area contributed by atoms with Crippen molar-refractivity contribution in [2.45, 2.75) is 20.0 Å². The summed E-state index contributed by atoms with van der Waals surface area (Å²) in [6.45, 7) is 2.46. The number of Topliss-reactive ketones (excluding diaryl/α,β-unsaturated/α-hetero) is 1. The van der Waals surface area contributed by atoms with Crippen LogP contribution in [0.25, 0.3) is 6.08 Å². The number of esters is 1. The van der Waals surface area contributed by atoms with Crippen molar-refractivity contribution in [1.82, 2.24) is 0 Å². The largest absolute Gasteiger partial charge is 0.496 e. The molecule has 4 rings (SSSR count). The van der Waals surface area contributed by atoms with Gasteiger partial charge < -0.3 is 28.4 Å². The molecule has 3 aromatic carbocycles. The minimum Gasteiger partial charge on any atom is -0.496 e. The summed E-state index contributed by atoms with van der Waals surface area (Å²) in [6.07, 6.45) is -0.375. The molecule has 1 atom stereocenters.